The molecule has 3 heterocycles. The molecule has 0 saturated heterocycles. The number of hydrogen-bond donors (Lipinski definition) is 2. The van der Waals surface area contributed by atoms with Crippen LogP contribution >= 0.6 is 0 Å². The van der Waals surface area contributed by atoms with Crippen LogP contribution in [0, 0.1) is 0 Å². The van der Waals surface area contributed by atoms with Gasteiger partial charge >= 0.3 is 0 Å². The lowest BCUT2D eigenvalue weighted by molar-refractivity contribution is -0.113. The molecule has 0 radical (unpaired) electrons. The Morgan fingerprint density at radius 2 is 1.77 bits per heavy atom. The van der Waals surface area contributed by atoms with E-state index in [1.807, 2.05) is 0 Å². The number of ketones is 1. The van der Waals surface area contributed by atoms with E-state index in [1.54, 1.807) is 38.1 Å². The Bertz CT molecular complexity index is 1080. The van der Waals surface area contributed by atoms with Gasteiger partial charge in [0.25, 0.3) is 0 Å². The van der Waals surface area contributed by atoms with Gasteiger partial charge in [0.05, 0.1) is 31.3 Å². The maximum Gasteiger partial charge on any atom is 0.178 e. The van der Waals surface area contributed by atoms with Crippen molar-refractivity contribution in [1.29, 1.82) is 0 Å². The fourth-order valence-electron chi connectivity index (χ4n) is 4.60. The number of aliphatic hydroxyl groups excluding tert-OH is 2. The van der Waals surface area contributed by atoms with Gasteiger partial charge in [-0.15, -0.1) is 0 Å². The number of benzene rings is 2. The molecule has 3 aliphatic rings. The van der Waals surface area contributed by atoms with Gasteiger partial charge in [-0.1, -0.05) is 0 Å². The fourth-order valence-corrected chi connectivity index (χ4v) is 4.60. The Kier molecular flexibility index (Phi) is 4.36. The van der Waals surface area contributed by atoms with E-state index < -0.39 is 29.8 Å². The van der Waals surface area contributed by atoms with Crippen LogP contribution in [-0.2, 0) is 0 Å². The first-order valence-corrected chi connectivity index (χ1v) is 10.1. The highest BCUT2D eigenvalue weighted by atomic mass is 16.5. The van der Waals surface area contributed by atoms with Gasteiger partial charge in [-0.3, -0.25) is 4.79 Å². The van der Waals surface area contributed by atoms with Crippen molar-refractivity contribution in [1.82, 2.24) is 0 Å². The molecule has 0 saturated carbocycles. The summed E-state index contributed by atoms with van der Waals surface area (Å²) in [5.41, 5.74) is 0.288. The summed E-state index contributed by atoms with van der Waals surface area (Å²) in [7, 11) is 3.06. The molecular formula is C23H24O8. The van der Waals surface area contributed by atoms with Crippen LogP contribution in [0.2, 0.25) is 0 Å². The molecule has 3 aliphatic heterocycles. The topological polar surface area (TPSA) is 104 Å². The quantitative estimate of drug-likeness (QED) is 0.752. The van der Waals surface area contributed by atoms with Crippen molar-refractivity contribution >= 4 is 5.78 Å². The monoisotopic (exact) mass is 428 g/mol. The second kappa shape index (κ2) is 6.77. The zero-order valence-corrected chi connectivity index (χ0v) is 17.7. The standard InChI is InChI=1S/C23H24O8/c1-23(2)22(26)20(25)18-12(31-23)6-5-10-19(24)17-11-7-14(27-3)15(28-4)8-13(11)29-9-16(17)30-21(10)18/h5-8,16-17,20,22,25-26H,9H2,1-4H3/t16-,17+,20-,22-/m1/s1. The minimum absolute atomic E-state index is 0.146. The number of Topliss-reactive ketones (excluding diaryl/α,β-unsaturated/α-hetero) is 1. The minimum Gasteiger partial charge on any atom is -0.493 e. The maximum absolute atomic E-state index is 13.6. The summed E-state index contributed by atoms with van der Waals surface area (Å²) >= 11 is 0. The summed E-state index contributed by atoms with van der Waals surface area (Å²) in [5, 5.41) is 21.3. The number of hydrogen-bond acceptors (Lipinski definition) is 8. The molecule has 5 rings (SSSR count). The first-order valence-electron chi connectivity index (χ1n) is 10.1. The van der Waals surface area contributed by atoms with Crippen molar-refractivity contribution in [3.8, 4) is 28.7 Å². The average Bonchev–Trinajstić information content (AvgIpc) is 2.75. The maximum atomic E-state index is 13.6. The lowest BCUT2D eigenvalue weighted by Gasteiger charge is -2.43. The van der Waals surface area contributed by atoms with Gasteiger partial charge in [-0.25, -0.2) is 0 Å². The predicted molar refractivity (Wildman–Crippen MR) is 109 cm³/mol. The Hall–Kier alpha value is -2.97. The number of aliphatic hydroxyl groups is 2. The van der Waals surface area contributed by atoms with Gasteiger partial charge in [-0.2, -0.15) is 0 Å². The largest absolute Gasteiger partial charge is 0.493 e. The number of ether oxygens (including phenoxy) is 5. The lowest BCUT2D eigenvalue weighted by Crippen LogP contribution is -2.49. The second-order valence-corrected chi connectivity index (χ2v) is 8.50. The molecule has 4 atom stereocenters. The van der Waals surface area contributed by atoms with Gasteiger partial charge in [0, 0.05) is 11.6 Å². The highest BCUT2D eigenvalue weighted by molar-refractivity contribution is 6.06. The Balaban J connectivity index is 1.62. The van der Waals surface area contributed by atoms with Crippen LogP contribution in [0.5, 0.6) is 28.7 Å². The number of methoxy groups -OCH3 is 2. The molecule has 2 aromatic carbocycles. The third kappa shape index (κ3) is 2.78. The lowest BCUT2D eigenvalue weighted by atomic mass is 9.79. The minimum atomic E-state index is -1.25. The summed E-state index contributed by atoms with van der Waals surface area (Å²) in [4.78, 5) is 13.6. The Morgan fingerprint density at radius 3 is 2.48 bits per heavy atom. The normalized spacial score (nSPS) is 27.4. The zero-order valence-electron chi connectivity index (χ0n) is 17.7. The smallest absolute Gasteiger partial charge is 0.178 e. The Labute approximate surface area is 179 Å². The fraction of sp³-hybridized carbons (Fsp3) is 0.435. The SMILES string of the molecule is COc1cc2c(cc1OC)[C@@H]1C(=O)c3ccc4c(c3O[C@@H]1CO2)[C@@H](O)[C@@H](O)C(C)(C)O4. The molecule has 0 bridgehead atoms. The highest BCUT2D eigenvalue weighted by Gasteiger charge is 2.49. The molecule has 164 valence electrons. The molecule has 8 heteroatoms. The summed E-state index contributed by atoms with van der Waals surface area (Å²) in [6.45, 7) is 3.53. The van der Waals surface area contributed by atoms with Crippen LogP contribution in [0.4, 0.5) is 0 Å². The van der Waals surface area contributed by atoms with E-state index in [1.165, 1.54) is 14.2 Å². The van der Waals surface area contributed by atoms with Crippen molar-refractivity contribution in [3.63, 3.8) is 0 Å². The second-order valence-electron chi connectivity index (χ2n) is 8.50. The molecular weight excluding hydrogens is 404 g/mol. The van der Waals surface area contributed by atoms with Crippen molar-refractivity contribution in [2.45, 2.75) is 43.7 Å². The Morgan fingerprint density at radius 1 is 1.06 bits per heavy atom. The molecule has 2 N–H and O–H groups in total. The molecule has 8 nitrogen and oxygen atoms in total. The van der Waals surface area contributed by atoms with E-state index in [4.69, 9.17) is 23.7 Å². The molecule has 0 aromatic heterocycles. The number of carbonyl (C=O) groups is 1. The molecule has 2 aromatic rings. The summed E-state index contributed by atoms with van der Waals surface area (Å²) in [5.74, 6) is 1.40. The van der Waals surface area contributed by atoms with Crippen LogP contribution in [0.3, 0.4) is 0 Å². The van der Waals surface area contributed by atoms with E-state index in [9.17, 15) is 15.0 Å². The first-order chi connectivity index (χ1) is 14.8. The molecule has 0 fully saturated rings. The highest BCUT2D eigenvalue weighted by Crippen LogP contribution is 2.52. The molecule has 0 spiro atoms. The number of rotatable bonds is 2. The molecule has 31 heavy (non-hydrogen) atoms. The van der Waals surface area contributed by atoms with Gasteiger partial charge < -0.3 is 33.9 Å². The van der Waals surface area contributed by atoms with Crippen LogP contribution in [0.25, 0.3) is 0 Å². The molecule has 0 unspecified atom stereocenters. The zero-order chi connectivity index (χ0) is 22.1. The van der Waals surface area contributed by atoms with E-state index >= 15 is 0 Å². The van der Waals surface area contributed by atoms with Crippen molar-refractivity contribution in [3.05, 3.63) is 41.0 Å². The van der Waals surface area contributed by atoms with Crippen molar-refractivity contribution in [2.24, 2.45) is 0 Å². The van der Waals surface area contributed by atoms with Crippen molar-refractivity contribution in [2.75, 3.05) is 20.8 Å². The van der Waals surface area contributed by atoms with Gasteiger partial charge in [0.15, 0.2) is 17.3 Å². The van der Waals surface area contributed by atoms with Crippen molar-refractivity contribution < 1.29 is 38.7 Å². The summed E-state index contributed by atoms with van der Waals surface area (Å²) in [6.07, 6.45) is -3.03. The van der Waals surface area contributed by atoms with E-state index in [0.717, 1.165) is 0 Å². The van der Waals surface area contributed by atoms with Gasteiger partial charge in [0.1, 0.15) is 47.8 Å². The molecule has 0 aliphatic carbocycles. The molecule has 0 amide bonds. The third-order valence-corrected chi connectivity index (χ3v) is 6.28. The van der Waals surface area contributed by atoms with Crippen LogP contribution in [0.15, 0.2) is 24.3 Å². The predicted octanol–water partition coefficient (Wildman–Crippen LogP) is 2.39. The first kappa shape index (κ1) is 20.0. The summed E-state index contributed by atoms with van der Waals surface area (Å²) in [6, 6.07) is 6.72. The summed E-state index contributed by atoms with van der Waals surface area (Å²) < 4.78 is 28.7. The van der Waals surface area contributed by atoms with E-state index in [2.05, 4.69) is 0 Å². The number of carbonyl (C=O) groups excluding carboxylic acids is 1. The third-order valence-electron chi connectivity index (χ3n) is 6.28. The van der Waals surface area contributed by atoms with Gasteiger partial charge in [0.2, 0.25) is 0 Å². The van der Waals surface area contributed by atoms with Gasteiger partial charge in [-0.05, 0) is 32.0 Å². The average molecular weight is 428 g/mol. The van der Waals surface area contributed by atoms with Crippen LogP contribution in [0.1, 0.15) is 47.4 Å². The van der Waals surface area contributed by atoms with Crippen LogP contribution in [-0.4, -0.2) is 54.6 Å². The van der Waals surface area contributed by atoms with Crippen LogP contribution < -0.4 is 23.7 Å². The van der Waals surface area contributed by atoms with E-state index in [-0.39, 0.29) is 23.7 Å². The number of fused-ring (bicyclic) bond motifs is 6. The van der Waals surface area contributed by atoms with E-state index in [0.29, 0.717) is 34.1 Å².